The number of aromatic nitrogens is 4. The van der Waals surface area contributed by atoms with Gasteiger partial charge in [-0.3, -0.25) is 14.0 Å². The summed E-state index contributed by atoms with van der Waals surface area (Å²) in [6, 6.07) is 1.80. The Kier molecular flexibility index (Phi) is 3.30. The van der Waals surface area contributed by atoms with E-state index in [9.17, 15) is 9.59 Å². The topological polar surface area (TPSA) is 79.0 Å². The van der Waals surface area contributed by atoms with E-state index >= 15 is 0 Å². The van der Waals surface area contributed by atoms with Crippen LogP contribution in [0, 0.1) is 0 Å². The second-order valence-electron chi connectivity index (χ2n) is 4.45. The Hall–Kier alpha value is -2.48. The molecule has 0 bridgehead atoms. The molecule has 0 aliphatic heterocycles. The molecule has 21 heavy (non-hydrogen) atoms. The van der Waals surface area contributed by atoms with Gasteiger partial charge < -0.3 is 4.74 Å². The highest BCUT2D eigenvalue weighted by molar-refractivity contribution is 7.12. The minimum absolute atomic E-state index is 0.185. The SMILES string of the molecule is COC(=O)c1sccc1Cn1cnc2c(cnn2C)c1=O. The van der Waals surface area contributed by atoms with Crippen LogP contribution < -0.4 is 5.56 Å². The molecule has 0 unspecified atom stereocenters. The highest BCUT2D eigenvalue weighted by Gasteiger charge is 2.15. The van der Waals surface area contributed by atoms with Gasteiger partial charge in [0.25, 0.3) is 5.56 Å². The Morgan fingerprint density at radius 1 is 1.48 bits per heavy atom. The Labute approximate surface area is 123 Å². The van der Waals surface area contributed by atoms with E-state index in [1.165, 1.54) is 35.5 Å². The van der Waals surface area contributed by atoms with Crippen LogP contribution in [0.15, 0.2) is 28.8 Å². The summed E-state index contributed by atoms with van der Waals surface area (Å²) in [6.45, 7) is 0.268. The van der Waals surface area contributed by atoms with Crippen LogP contribution in [0.3, 0.4) is 0 Å². The largest absolute Gasteiger partial charge is 0.465 e. The van der Waals surface area contributed by atoms with Gasteiger partial charge in [-0.2, -0.15) is 5.10 Å². The molecule has 0 aliphatic carbocycles. The van der Waals surface area contributed by atoms with Gasteiger partial charge >= 0.3 is 5.97 Å². The van der Waals surface area contributed by atoms with Gasteiger partial charge in [0.1, 0.15) is 16.6 Å². The summed E-state index contributed by atoms with van der Waals surface area (Å²) in [4.78, 5) is 28.8. The molecule has 0 atom stereocenters. The van der Waals surface area contributed by atoms with Gasteiger partial charge in [-0.15, -0.1) is 11.3 Å². The standard InChI is InChI=1S/C13H12N4O3S/c1-16-11-9(5-15-16)12(18)17(7-14-11)6-8-3-4-21-10(8)13(19)20-2/h3-5,7H,6H2,1-2H3. The van der Waals surface area contributed by atoms with Gasteiger partial charge in [0.2, 0.25) is 0 Å². The van der Waals surface area contributed by atoms with Crippen LogP contribution in [0.4, 0.5) is 0 Å². The van der Waals surface area contributed by atoms with Crippen molar-refractivity contribution in [1.82, 2.24) is 19.3 Å². The Bertz CT molecular complexity index is 877. The highest BCUT2D eigenvalue weighted by atomic mass is 32.1. The summed E-state index contributed by atoms with van der Waals surface area (Å²) in [6.07, 6.45) is 2.96. The predicted molar refractivity (Wildman–Crippen MR) is 77.5 cm³/mol. The highest BCUT2D eigenvalue weighted by Crippen LogP contribution is 2.18. The number of methoxy groups -OCH3 is 1. The first-order valence-corrected chi connectivity index (χ1v) is 7.01. The fourth-order valence-corrected chi connectivity index (χ4v) is 2.93. The van der Waals surface area contributed by atoms with Crippen LogP contribution in [0.5, 0.6) is 0 Å². The molecule has 0 spiro atoms. The summed E-state index contributed by atoms with van der Waals surface area (Å²) in [5, 5.41) is 6.27. The van der Waals surface area contributed by atoms with Crippen LogP contribution >= 0.6 is 11.3 Å². The normalized spacial score (nSPS) is 11.0. The predicted octanol–water partition coefficient (Wildman–Crippen LogP) is 1.03. The van der Waals surface area contributed by atoms with E-state index in [0.717, 1.165) is 5.56 Å². The summed E-state index contributed by atoms with van der Waals surface area (Å²) < 4.78 is 7.74. The van der Waals surface area contributed by atoms with Gasteiger partial charge in [-0.1, -0.05) is 0 Å². The fraction of sp³-hybridized carbons (Fsp3) is 0.231. The van der Waals surface area contributed by atoms with E-state index in [2.05, 4.69) is 10.1 Å². The number of nitrogens with zero attached hydrogens (tertiary/aromatic N) is 4. The monoisotopic (exact) mass is 304 g/mol. The van der Waals surface area contributed by atoms with Crippen molar-refractivity contribution >= 4 is 28.3 Å². The van der Waals surface area contributed by atoms with E-state index in [-0.39, 0.29) is 12.1 Å². The zero-order valence-corrected chi connectivity index (χ0v) is 12.3. The maximum atomic E-state index is 12.4. The van der Waals surface area contributed by atoms with Crippen molar-refractivity contribution in [3.63, 3.8) is 0 Å². The molecule has 3 rings (SSSR count). The van der Waals surface area contributed by atoms with E-state index in [1.54, 1.807) is 23.2 Å². The third kappa shape index (κ3) is 2.23. The third-order valence-corrected chi connectivity index (χ3v) is 4.11. The van der Waals surface area contributed by atoms with Crippen LogP contribution in [0.25, 0.3) is 11.0 Å². The van der Waals surface area contributed by atoms with Crippen molar-refractivity contribution in [2.45, 2.75) is 6.54 Å². The summed E-state index contributed by atoms with van der Waals surface area (Å²) in [5.41, 5.74) is 1.09. The van der Waals surface area contributed by atoms with Crippen molar-refractivity contribution < 1.29 is 9.53 Å². The number of rotatable bonds is 3. The molecule has 3 aromatic heterocycles. The van der Waals surface area contributed by atoms with Gasteiger partial charge in [0.05, 0.1) is 19.9 Å². The number of fused-ring (bicyclic) bond motifs is 1. The lowest BCUT2D eigenvalue weighted by atomic mass is 10.2. The quantitative estimate of drug-likeness (QED) is 0.675. The first kappa shape index (κ1) is 13.5. The zero-order chi connectivity index (χ0) is 15.0. The van der Waals surface area contributed by atoms with Crippen LogP contribution in [0.1, 0.15) is 15.2 Å². The molecule has 0 saturated carbocycles. The minimum Gasteiger partial charge on any atom is -0.465 e. The third-order valence-electron chi connectivity index (χ3n) is 3.18. The van der Waals surface area contributed by atoms with Gasteiger partial charge in [-0.05, 0) is 17.0 Å². The van der Waals surface area contributed by atoms with Crippen molar-refractivity contribution in [2.75, 3.05) is 7.11 Å². The van der Waals surface area contributed by atoms with E-state index < -0.39 is 5.97 Å². The molecule has 8 heteroatoms. The molecule has 108 valence electrons. The van der Waals surface area contributed by atoms with Crippen LogP contribution in [-0.4, -0.2) is 32.4 Å². The average Bonchev–Trinajstić information content (AvgIpc) is 3.09. The first-order chi connectivity index (χ1) is 10.1. The first-order valence-electron chi connectivity index (χ1n) is 6.13. The molecule has 0 saturated heterocycles. The Morgan fingerprint density at radius 2 is 2.29 bits per heavy atom. The molecule has 0 N–H and O–H groups in total. The molecule has 0 aliphatic rings. The maximum Gasteiger partial charge on any atom is 0.348 e. The lowest BCUT2D eigenvalue weighted by molar-refractivity contribution is 0.0605. The van der Waals surface area contributed by atoms with E-state index in [1.807, 2.05) is 0 Å². The summed E-state index contributed by atoms with van der Waals surface area (Å²) in [7, 11) is 3.06. The molecule has 3 heterocycles. The number of thiophene rings is 1. The summed E-state index contributed by atoms with van der Waals surface area (Å²) >= 11 is 1.29. The van der Waals surface area contributed by atoms with Gasteiger partial charge in [-0.25, -0.2) is 9.78 Å². The average molecular weight is 304 g/mol. The van der Waals surface area contributed by atoms with Crippen molar-refractivity contribution in [2.24, 2.45) is 7.05 Å². The van der Waals surface area contributed by atoms with Crippen molar-refractivity contribution in [1.29, 1.82) is 0 Å². The lowest BCUT2D eigenvalue weighted by Crippen LogP contribution is -2.21. The van der Waals surface area contributed by atoms with Gasteiger partial charge in [0, 0.05) is 7.05 Å². The zero-order valence-electron chi connectivity index (χ0n) is 11.4. The molecule has 0 amide bonds. The minimum atomic E-state index is -0.400. The summed E-state index contributed by atoms with van der Waals surface area (Å²) in [5.74, 6) is -0.400. The van der Waals surface area contributed by atoms with E-state index in [0.29, 0.717) is 15.9 Å². The molecule has 0 aromatic carbocycles. The van der Waals surface area contributed by atoms with Gasteiger partial charge in [0.15, 0.2) is 5.65 Å². The molecule has 7 nitrogen and oxygen atoms in total. The smallest absolute Gasteiger partial charge is 0.348 e. The Morgan fingerprint density at radius 3 is 3.05 bits per heavy atom. The number of esters is 1. The number of carbonyl (C=O) groups excluding carboxylic acids is 1. The van der Waals surface area contributed by atoms with Crippen LogP contribution in [-0.2, 0) is 18.3 Å². The number of aryl methyl sites for hydroxylation is 1. The second-order valence-corrected chi connectivity index (χ2v) is 5.37. The number of carbonyl (C=O) groups is 1. The number of hydrogen-bond donors (Lipinski definition) is 0. The molecule has 0 radical (unpaired) electrons. The van der Waals surface area contributed by atoms with Crippen LogP contribution in [0.2, 0.25) is 0 Å². The number of hydrogen-bond acceptors (Lipinski definition) is 6. The molecule has 3 aromatic rings. The molecular weight excluding hydrogens is 292 g/mol. The lowest BCUT2D eigenvalue weighted by Gasteiger charge is -2.06. The second kappa shape index (κ2) is 5.13. The number of ether oxygens (including phenoxy) is 1. The van der Waals surface area contributed by atoms with Crippen molar-refractivity contribution in [3.05, 3.63) is 44.8 Å². The maximum absolute atomic E-state index is 12.4. The Balaban J connectivity index is 2.03. The fourth-order valence-electron chi connectivity index (χ4n) is 2.09. The van der Waals surface area contributed by atoms with E-state index in [4.69, 9.17) is 4.74 Å². The van der Waals surface area contributed by atoms with Crippen molar-refractivity contribution in [3.8, 4) is 0 Å². The molecular formula is C13H12N4O3S. The molecule has 0 fully saturated rings.